The maximum Gasteiger partial charge on any atom is 0.227 e. The lowest BCUT2D eigenvalue weighted by Gasteiger charge is -2.10. The van der Waals surface area contributed by atoms with Crippen molar-refractivity contribution < 1.29 is 0 Å². The molecule has 0 saturated heterocycles. The van der Waals surface area contributed by atoms with Gasteiger partial charge in [-0.3, -0.25) is 0 Å². The summed E-state index contributed by atoms with van der Waals surface area (Å²) in [6, 6.07) is 16.2. The van der Waals surface area contributed by atoms with Gasteiger partial charge < -0.3 is 10.3 Å². The van der Waals surface area contributed by atoms with E-state index in [4.69, 9.17) is 0 Å². The van der Waals surface area contributed by atoms with Gasteiger partial charge in [0.15, 0.2) is 0 Å². The first-order valence-corrected chi connectivity index (χ1v) is 7.95. The quantitative estimate of drug-likeness (QED) is 0.588. The number of aryl methyl sites for hydroxylation is 1. The predicted octanol–water partition coefficient (Wildman–Crippen LogP) is 4.33. The van der Waals surface area contributed by atoms with E-state index in [-0.39, 0.29) is 0 Å². The van der Waals surface area contributed by atoms with Crippen LogP contribution in [-0.2, 0) is 6.42 Å². The highest BCUT2D eigenvalue weighted by Crippen LogP contribution is 2.23. The zero-order valence-electron chi connectivity index (χ0n) is 13.3. The maximum atomic E-state index is 4.65. The van der Waals surface area contributed by atoms with Gasteiger partial charge in [-0.05, 0) is 36.2 Å². The third-order valence-electron chi connectivity index (χ3n) is 4.02. The molecule has 2 N–H and O–H groups in total. The van der Waals surface area contributed by atoms with E-state index < -0.39 is 0 Å². The number of hydrogen-bond donors (Lipinski definition) is 2. The molecule has 0 aliphatic heterocycles. The summed E-state index contributed by atoms with van der Waals surface area (Å²) in [4.78, 5) is 16.4. The average Bonchev–Trinajstić information content (AvgIpc) is 3.10. The van der Waals surface area contributed by atoms with Crippen molar-refractivity contribution in [3.8, 4) is 11.3 Å². The Kier molecular flexibility index (Phi) is 3.67. The number of hydrogen-bond acceptors (Lipinski definition) is 4. The summed E-state index contributed by atoms with van der Waals surface area (Å²) >= 11 is 0. The molecule has 0 fully saturated rings. The molecular formula is C19H17N5. The van der Waals surface area contributed by atoms with Crippen LogP contribution in [0.15, 0.2) is 61.1 Å². The molecule has 4 aromatic rings. The van der Waals surface area contributed by atoms with Crippen LogP contribution < -0.4 is 5.32 Å². The molecule has 4 rings (SSSR count). The first-order chi connectivity index (χ1) is 11.8. The number of H-pyrrole nitrogens is 1. The van der Waals surface area contributed by atoms with Gasteiger partial charge in [-0.1, -0.05) is 31.2 Å². The van der Waals surface area contributed by atoms with Crippen LogP contribution in [0.5, 0.6) is 0 Å². The third-order valence-corrected chi connectivity index (χ3v) is 4.02. The zero-order chi connectivity index (χ0) is 16.4. The lowest BCUT2D eigenvalue weighted by molar-refractivity contribution is 1.12. The molecule has 5 nitrogen and oxygen atoms in total. The van der Waals surface area contributed by atoms with Crippen LogP contribution in [0.1, 0.15) is 12.5 Å². The molecule has 0 atom stereocenters. The van der Waals surface area contributed by atoms with Crippen molar-refractivity contribution in [3.63, 3.8) is 0 Å². The minimum absolute atomic E-state index is 0.595. The summed E-state index contributed by atoms with van der Waals surface area (Å²) in [7, 11) is 0. The van der Waals surface area contributed by atoms with Crippen LogP contribution in [-0.4, -0.2) is 19.9 Å². The molecule has 0 amide bonds. The number of anilines is 2. The molecule has 0 unspecified atom stereocenters. The first-order valence-electron chi connectivity index (χ1n) is 7.95. The topological polar surface area (TPSA) is 66.5 Å². The van der Waals surface area contributed by atoms with Crippen molar-refractivity contribution in [1.29, 1.82) is 0 Å². The summed E-state index contributed by atoms with van der Waals surface area (Å²) in [5, 5.41) is 3.32. The van der Waals surface area contributed by atoms with E-state index >= 15 is 0 Å². The predicted molar refractivity (Wildman–Crippen MR) is 96.2 cm³/mol. The molecular weight excluding hydrogens is 298 g/mol. The van der Waals surface area contributed by atoms with E-state index in [1.54, 1.807) is 12.5 Å². The van der Waals surface area contributed by atoms with E-state index in [2.05, 4.69) is 44.3 Å². The second-order valence-electron chi connectivity index (χ2n) is 5.54. The number of nitrogens with zero attached hydrogens (tertiary/aromatic N) is 3. The van der Waals surface area contributed by atoms with E-state index in [0.717, 1.165) is 34.4 Å². The van der Waals surface area contributed by atoms with Crippen LogP contribution in [0.2, 0.25) is 0 Å². The monoisotopic (exact) mass is 315 g/mol. The van der Waals surface area contributed by atoms with Crippen molar-refractivity contribution >= 4 is 22.7 Å². The fraction of sp³-hybridized carbons (Fsp3) is 0.105. The normalized spacial score (nSPS) is 10.9. The van der Waals surface area contributed by atoms with Crippen molar-refractivity contribution in [2.75, 3.05) is 5.32 Å². The van der Waals surface area contributed by atoms with Crippen molar-refractivity contribution in [1.82, 2.24) is 19.9 Å². The van der Waals surface area contributed by atoms with Crippen molar-refractivity contribution in [2.24, 2.45) is 0 Å². The lowest BCUT2D eigenvalue weighted by Crippen LogP contribution is -2.00. The third kappa shape index (κ3) is 2.72. The van der Waals surface area contributed by atoms with Gasteiger partial charge >= 0.3 is 0 Å². The number of aromatic amines is 1. The Bertz CT molecular complexity index is 990. The smallest absolute Gasteiger partial charge is 0.227 e. The highest BCUT2D eigenvalue weighted by molar-refractivity contribution is 5.80. The Hall–Kier alpha value is -3.21. The molecule has 0 saturated carbocycles. The lowest BCUT2D eigenvalue weighted by atomic mass is 10.1. The minimum Gasteiger partial charge on any atom is -0.345 e. The largest absolute Gasteiger partial charge is 0.345 e. The molecule has 0 aliphatic rings. The van der Waals surface area contributed by atoms with Gasteiger partial charge in [0.1, 0.15) is 0 Å². The van der Waals surface area contributed by atoms with Gasteiger partial charge in [0.05, 0.1) is 23.1 Å². The second-order valence-corrected chi connectivity index (χ2v) is 5.54. The van der Waals surface area contributed by atoms with Crippen LogP contribution in [0, 0.1) is 0 Å². The maximum absolute atomic E-state index is 4.65. The number of nitrogens with one attached hydrogen (secondary N) is 2. The fourth-order valence-electron chi connectivity index (χ4n) is 2.75. The number of benzene rings is 2. The highest BCUT2D eigenvalue weighted by atomic mass is 15.1. The van der Waals surface area contributed by atoms with Gasteiger partial charge in [-0.15, -0.1) is 0 Å². The molecule has 0 spiro atoms. The Morgan fingerprint density at radius 3 is 2.88 bits per heavy atom. The number of imidazole rings is 1. The molecule has 24 heavy (non-hydrogen) atoms. The number of para-hydroxylation sites is 1. The Morgan fingerprint density at radius 1 is 1.04 bits per heavy atom. The second kappa shape index (κ2) is 6.12. The average molecular weight is 315 g/mol. The Morgan fingerprint density at radius 2 is 1.96 bits per heavy atom. The van der Waals surface area contributed by atoms with Gasteiger partial charge in [0.2, 0.25) is 5.95 Å². The summed E-state index contributed by atoms with van der Waals surface area (Å²) in [5.41, 5.74) is 6.13. The SMILES string of the molecule is CCc1ccccc1Nc1nccc(-c2ccc3nc[nH]c3c2)n1. The van der Waals surface area contributed by atoms with Crippen LogP contribution >= 0.6 is 0 Å². The molecule has 5 heteroatoms. The number of aromatic nitrogens is 4. The van der Waals surface area contributed by atoms with Gasteiger partial charge in [-0.2, -0.15) is 0 Å². The van der Waals surface area contributed by atoms with Crippen molar-refractivity contribution in [3.05, 3.63) is 66.6 Å². The van der Waals surface area contributed by atoms with Crippen LogP contribution in [0.25, 0.3) is 22.3 Å². The molecule has 118 valence electrons. The first kappa shape index (κ1) is 14.4. The van der Waals surface area contributed by atoms with E-state index in [1.165, 1.54) is 5.56 Å². The fourth-order valence-corrected chi connectivity index (χ4v) is 2.75. The highest BCUT2D eigenvalue weighted by Gasteiger charge is 2.06. The molecule has 2 heterocycles. The van der Waals surface area contributed by atoms with E-state index in [0.29, 0.717) is 5.95 Å². The van der Waals surface area contributed by atoms with Crippen molar-refractivity contribution in [2.45, 2.75) is 13.3 Å². The van der Waals surface area contributed by atoms with Gasteiger partial charge in [0.25, 0.3) is 0 Å². The molecule has 0 radical (unpaired) electrons. The van der Waals surface area contributed by atoms with Crippen LogP contribution in [0.4, 0.5) is 11.6 Å². The van der Waals surface area contributed by atoms with E-state index in [1.807, 2.05) is 36.4 Å². The summed E-state index contributed by atoms with van der Waals surface area (Å²) < 4.78 is 0. The Balaban J connectivity index is 1.68. The van der Waals surface area contributed by atoms with Gasteiger partial charge in [-0.25, -0.2) is 15.0 Å². The van der Waals surface area contributed by atoms with E-state index in [9.17, 15) is 0 Å². The standard InChI is InChI=1S/C19H17N5/c1-2-13-5-3-4-6-15(13)23-19-20-10-9-16(24-19)14-7-8-17-18(11-14)22-12-21-17/h3-12H,2H2,1H3,(H,21,22)(H,20,23,24). The minimum atomic E-state index is 0.595. The Labute approximate surface area is 139 Å². The van der Waals surface area contributed by atoms with Gasteiger partial charge in [0, 0.05) is 17.4 Å². The molecule has 0 aliphatic carbocycles. The summed E-state index contributed by atoms with van der Waals surface area (Å²) in [5.74, 6) is 0.595. The molecule has 2 aromatic heterocycles. The molecule has 0 bridgehead atoms. The zero-order valence-corrected chi connectivity index (χ0v) is 13.3. The number of rotatable bonds is 4. The summed E-state index contributed by atoms with van der Waals surface area (Å²) in [6.45, 7) is 2.14. The summed E-state index contributed by atoms with van der Waals surface area (Å²) in [6.07, 6.45) is 4.43. The molecule has 2 aromatic carbocycles. The number of fused-ring (bicyclic) bond motifs is 1. The van der Waals surface area contributed by atoms with Crippen LogP contribution in [0.3, 0.4) is 0 Å².